The molecule has 1 aliphatic heterocycles. The minimum Gasteiger partial charge on any atom is -0.385 e. The molecule has 110 valence electrons. The van der Waals surface area contributed by atoms with E-state index in [4.69, 9.17) is 0 Å². The molecule has 1 N–H and O–H groups in total. The van der Waals surface area contributed by atoms with Gasteiger partial charge in [0.1, 0.15) is 0 Å². The second-order valence-corrected chi connectivity index (χ2v) is 6.57. The van der Waals surface area contributed by atoms with E-state index in [-0.39, 0.29) is 0 Å². The quantitative estimate of drug-likeness (QED) is 0.874. The highest BCUT2D eigenvalue weighted by Crippen LogP contribution is 2.33. The highest BCUT2D eigenvalue weighted by Gasteiger charge is 2.23. The van der Waals surface area contributed by atoms with Crippen molar-refractivity contribution in [1.29, 1.82) is 0 Å². The molecule has 1 aliphatic carbocycles. The lowest BCUT2D eigenvalue weighted by atomic mass is 9.84. The first kappa shape index (κ1) is 13.8. The lowest BCUT2D eigenvalue weighted by molar-refractivity contribution is 0.313. The summed E-state index contributed by atoms with van der Waals surface area (Å²) in [6.07, 6.45) is 9.42. The normalized spacial score (nSPS) is 25.7. The van der Waals surface area contributed by atoms with Crippen molar-refractivity contribution >= 4 is 11.4 Å². The second kappa shape index (κ2) is 6.07. The Morgan fingerprint density at radius 3 is 2.75 bits per heavy atom. The average Bonchev–Trinajstić information content (AvgIpc) is 2.54. The Morgan fingerprint density at radius 1 is 1.20 bits per heavy atom. The number of aryl methyl sites for hydroxylation is 1. The molecule has 1 aromatic carbocycles. The smallest absolute Gasteiger partial charge is 0.0374 e. The van der Waals surface area contributed by atoms with Crippen LogP contribution in [-0.4, -0.2) is 19.6 Å². The first-order valence-electron chi connectivity index (χ1n) is 8.37. The van der Waals surface area contributed by atoms with Gasteiger partial charge in [0.2, 0.25) is 0 Å². The van der Waals surface area contributed by atoms with E-state index in [1.54, 1.807) is 0 Å². The zero-order chi connectivity index (χ0) is 13.9. The van der Waals surface area contributed by atoms with Gasteiger partial charge in [-0.15, -0.1) is 0 Å². The standard InChI is InChI=1S/C18H28N2/c1-3-14-6-8-16(9-7-14)20(2)17-10-11-18-15(13-17)5-4-12-19-18/h10-11,13-14,16,19H,3-9,12H2,1-2H3. The van der Waals surface area contributed by atoms with Crippen LogP contribution in [0.5, 0.6) is 0 Å². The Kier molecular flexibility index (Phi) is 4.18. The molecule has 3 rings (SSSR count). The van der Waals surface area contributed by atoms with Crippen LogP contribution in [0.1, 0.15) is 51.0 Å². The summed E-state index contributed by atoms with van der Waals surface area (Å²) < 4.78 is 0. The number of hydrogen-bond donors (Lipinski definition) is 1. The van der Waals surface area contributed by atoms with Crippen molar-refractivity contribution < 1.29 is 0 Å². The molecule has 1 heterocycles. The Balaban J connectivity index is 1.69. The fraction of sp³-hybridized carbons (Fsp3) is 0.667. The Labute approximate surface area is 123 Å². The highest BCUT2D eigenvalue weighted by molar-refractivity contribution is 5.61. The number of anilines is 2. The van der Waals surface area contributed by atoms with E-state index in [9.17, 15) is 0 Å². The molecule has 0 spiro atoms. The lowest BCUT2D eigenvalue weighted by Crippen LogP contribution is -2.35. The van der Waals surface area contributed by atoms with Gasteiger partial charge in [-0.2, -0.15) is 0 Å². The van der Waals surface area contributed by atoms with Gasteiger partial charge < -0.3 is 10.2 Å². The number of nitrogens with zero attached hydrogens (tertiary/aromatic N) is 1. The molecule has 0 amide bonds. The number of nitrogens with one attached hydrogen (secondary N) is 1. The largest absolute Gasteiger partial charge is 0.385 e. The van der Waals surface area contributed by atoms with Crippen LogP contribution in [0, 0.1) is 5.92 Å². The van der Waals surface area contributed by atoms with Crippen LogP contribution < -0.4 is 10.2 Å². The van der Waals surface area contributed by atoms with Crippen LogP contribution in [0.4, 0.5) is 11.4 Å². The molecule has 0 atom stereocenters. The van der Waals surface area contributed by atoms with Crippen molar-refractivity contribution in [3.05, 3.63) is 23.8 Å². The molecule has 0 radical (unpaired) electrons. The maximum absolute atomic E-state index is 3.50. The average molecular weight is 272 g/mol. The minimum absolute atomic E-state index is 0.743. The first-order chi connectivity index (χ1) is 9.78. The monoisotopic (exact) mass is 272 g/mol. The lowest BCUT2D eigenvalue weighted by Gasteiger charge is -2.36. The van der Waals surface area contributed by atoms with E-state index in [1.165, 1.54) is 61.9 Å². The molecule has 0 unspecified atom stereocenters. The molecule has 2 nitrogen and oxygen atoms in total. The van der Waals surface area contributed by atoms with Crippen molar-refractivity contribution in [2.75, 3.05) is 23.8 Å². The summed E-state index contributed by atoms with van der Waals surface area (Å²) in [7, 11) is 2.29. The molecule has 1 aromatic rings. The van der Waals surface area contributed by atoms with Crippen molar-refractivity contribution in [2.24, 2.45) is 5.92 Å². The minimum atomic E-state index is 0.743. The first-order valence-corrected chi connectivity index (χ1v) is 8.37. The van der Waals surface area contributed by atoms with E-state index < -0.39 is 0 Å². The van der Waals surface area contributed by atoms with Gasteiger partial charge in [-0.3, -0.25) is 0 Å². The van der Waals surface area contributed by atoms with Gasteiger partial charge in [0.05, 0.1) is 0 Å². The summed E-state index contributed by atoms with van der Waals surface area (Å²) in [5.74, 6) is 0.979. The summed E-state index contributed by atoms with van der Waals surface area (Å²) in [6.45, 7) is 3.47. The SMILES string of the molecule is CCC1CCC(N(C)c2ccc3c(c2)CCCN3)CC1. The third-order valence-electron chi connectivity index (χ3n) is 5.38. The third kappa shape index (κ3) is 2.79. The molecule has 1 fully saturated rings. The molecule has 2 heteroatoms. The number of rotatable bonds is 3. The molecule has 0 saturated heterocycles. The fourth-order valence-electron chi connectivity index (χ4n) is 3.83. The fourth-order valence-corrected chi connectivity index (χ4v) is 3.83. The van der Waals surface area contributed by atoms with Gasteiger partial charge in [-0.05, 0) is 68.2 Å². The Hall–Kier alpha value is -1.18. The van der Waals surface area contributed by atoms with Gasteiger partial charge in [0.15, 0.2) is 0 Å². The highest BCUT2D eigenvalue weighted by atomic mass is 15.1. The Morgan fingerprint density at radius 2 is 2.00 bits per heavy atom. The molecule has 2 aliphatic rings. The summed E-state index contributed by atoms with van der Waals surface area (Å²) in [6, 6.07) is 7.72. The topological polar surface area (TPSA) is 15.3 Å². The van der Waals surface area contributed by atoms with Crippen molar-refractivity contribution in [2.45, 2.75) is 57.9 Å². The van der Waals surface area contributed by atoms with Crippen molar-refractivity contribution in [3.8, 4) is 0 Å². The number of hydrogen-bond acceptors (Lipinski definition) is 2. The van der Waals surface area contributed by atoms with Gasteiger partial charge in [-0.25, -0.2) is 0 Å². The number of fused-ring (bicyclic) bond motifs is 1. The summed E-state index contributed by atoms with van der Waals surface area (Å²) in [5, 5.41) is 3.50. The maximum atomic E-state index is 3.50. The summed E-state index contributed by atoms with van der Waals surface area (Å²) in [5.41, 5.74) is 4.26. The third-order valence-corrected chi connectivity index (χ3v) is 5.38. The Bertz CT molecular complexity index is 447. The molecule has 20 heavy (non-hydrogen) atoms. The van der Waals surface area contributed by atoms with E-state index in [0.29, 0.717) is 0 Å². The van der Waals surface area contributed by atoms with Gasteiger partial charge in [-0.1, -0.05) is 13.3 Å². The van der Waals surface area contributed by atoms with Crippen LogP contribution in [0.3, 0.4) is 0 Å². The van der Waals surface area contributed by atoms with E-state index >= 15 is 0 Å². The van der Waals surface area contributed by atoms with Crippen LogP contribution in [0.2, 0.25) is 0 Å². The van der Waals surface area contributed by atoms with Gasteiger partial charge in [0.25, 0.3) is 0 Å². The van der Waals surface area contributed by atoms with Crippen LogP contribution in [0.15, 0.2) is 18.2 Å². The van der Waals surface area contributed by atoms with Crippen LogP contribution in [-0.2, 0) is 6.42 Å². The van der Waals surface area contributed by atoms with Gasteiger partial charge in [0, 0.05) is 31.0 Å². The van der Waals surface area contributed by atoms with Crippen molar-refractivity contribution in [1.82, 2.24) is 0 Å². The van der Waals surface area contributed by atoms with E-state index in [0.717, 1.165) is 18.5 Å². The second-order valence-electron chi connectivity index (χ2n) is 6.57. The molecular weight excluding hydrogens is 244 g/mol. The van der Waals surface area contributed by atoms with E-state index in [1.807, 2.05) is 0 Å². The predicted molar refractivity (Wildman–Crippen MR) is 87.7 cm³/mol. The number of benzene rings is 1. The molecule has 1 saturated carbocycles. The van der Waals surface area contributed by atoms with E-state index in [2.05, 4.69) is 42.4 Å². The zero-order valence-corrected chi connectivity index (χ0v) is 13.0. The summed E-state index contributed by atoms with van der Waals surface area (Å²) >= 11 is 0. The zero-order valence-electron chi connectivity index (χ0n) is 13.0. The molecule has 0 bridgehead atoms. The molecule has 0 aromatic heterocycles. The van der Waals surface area contributed by atoms with Gasteiger partial charge >= 0.3 is 0 Å². The summed E-state index contributed by atoms with van der Waals surface area (Å²) in [4.78, 5) is 2.53. The van der Waals surface area contributed by atoms with Crippen LogP contribution in [0.25, 0.3) is 0 Å². The predicted octanol–water partition coefficient (Wildman–Crippen LogP) is 4.45. The van der Waals surface area contributed by atoms with Crippen molar-refractivity contribution in [3.63, 3.8) is 0 Å². The maximum Gasteiger partial charge on any atom is 0.0374 e. The molecular formula is C18H28N2. The van der Waals surface area contributed by atoms with Crippen LogP contribution >= 0.6 is 0 Å².